The lowest BCUT2D eigenvalue weighted by molar-refractivity contribution is 0.240. The third-order valence-corrected chi connectivity index (χ3v) is 3.44. The normalized spacial score (nSPS) is 10.6. The first-order valence-electron chi connectivity index (χ1n) is 7.16. The van der Waals surface area contributed by atoms with Gasteiger partial charge in [0.1, 0.15) is 11.5 Å². The topological polar surface area (TPSA) is 80.3 Å². The molecular formula is C15H21N3O3. The Bertz CT molecular complexity index is 580. The van der Waals surface area contributed by atoms with Crippen molar-refractivity contribution >= 4 is 6.03 Å². The zero-order valence-corrected chi connectivity index (χ0v) is 12.7. The van der Waals surface area contributed by atoms with Gasteiger partial charge in [-0.2, -0.15) is 0 Å². The Morgan fingerprint density at radius 2 is 2.00 bits per heavy atom. The first-order valence-corrected chi connectivity index (χ1v) is 7.16. The molecule has 2 N–H and O–H groups in total. The van der Waals surface area contributed by atoms with Gasteiger partial charge < -0.3 is 19.6 Å². The van der Waals surface area contributed by atoms with Crippen LogP contribution in [0.4, 0.5) is 4.79 Å². The number of nitrogens with zero attached hydrogens (tertiary/aromatic N) is 1. The molecule has 0 bridgehead atoms. The lowest BCUT2D eigenvalue weighted by Gasteiger charge is -2.07. The van der Waals surface area contributed by atoms with Gasteiger partial charge in [0.15, 0.2) is 0 Å². The summed E-state index contributed by atoms with van der Waals surface area (Å²) in [5.41, 5.74) is 2.85. The number of rotatable bonds is 6. The zero-order chi connectivity index (χ0) is 15.2. The molecule has 0 saturated carbocycles. The Morgan fingerprint density at radius 1 is 1.24 bits per heavy atom. The molecule has 0 fully saturated rings. The van der Waals surface area contributed by atoms with Crippen LogP contribution in [0.25, 0.3) is 0 Å². The third-order valence-electron chi connectivity index (χ3n) is 3.44. The average Bonchev–Trinajstić information content (AvgIpc) is 3.08. The number of furan rings is 1. The molecule has 114 valence electrons. The summed E-state index contributed by atoms with van der Waals surface area (Å²) in [4.78, 5) is 11.8. The molecule has 0 aliphatic heterocycles. The number of hydrogen-bond donors (Lipinski definition) is 2. The molecule has 2 rings (SSSR count). The van der Waals surface area contributed by atoms with Gasteiger partial charge in [-0.3, -0.25) is 0 Å². The lowest BCUT2D eigenvalue weighted by atomic mass is 10.1. The van der Waals surface area contributed by atoms with Gasteiger partial charge in [0.2, 0.25) is 0 Å². The van der Waals surface area contributed by atoms with Gasteiger partial charge in [-0.1, -0.05) is 19.0 Å². The van der Waals surface area contributed by atoms with E-state index in [-0.39, 0.29) is 6.03 Å². The molecule has 0 aliphatic rings. The number of aryl methyl sites for hydroxylation is 3. The number of carbonyl (C=O) groups excluding carboxylic acids is 1. The largest absolute Gasteiger partial charge is 0.469 e. The maximum atomic E-state index is 11.8. The molecule has 21 heavy (non-hydrogen) atoms. The molecule has 0 aliphatic carbocycles. The van der Waals surface area contributed by atoms with E-state index in [0.717, 1.165) is 41.2 Å². The Morgan fingerprint density at radius 3 is 2.62 bits per heavy atom. The summed E-state index contributed by atoms with van der Waals surface area (Å²) in [6.45, 7) is 6.76. The zero-order valence-electron chi connectivity index (χ0n) is 12.7. The summed E-state index contributed by atoms with van der Waals surface area (Å²) in [6, 6.07) is 1.63. The van der Waals surface area contributed by atoms with Crippen molar-refractivity contribution in [3.05, 3.63) is 40.7 Å². The lowest BCUT2D eigenvalue weighted by Crippen LogP contribution is -2.34. The van der Waals surface area contributed by atoms with Gasteiger partial charge >= 0.3 is 6.03 Å². The van der Waals surface area contributed by atoms with Crippen molar-refractivity contribution in [2.75, 3.05) is 0 Å². The summed E-state index contributed by atoms with van der Waals surface area (Å²) in [6.07, 6.45) is 3.17. The number of nitrogens with one attached hydrogen (secondary N) is 2. The van der Waals surface area contributed by atoms with Crippen molar-refractivity contribution in [3.63, 3.8) is 0 Å². The quantitative estimate of drug-likeness (QED) is 0.857. The SMILES string of the molecule is CCc1noc(CC)c1CNC(=O)NCc1ccoc1C. The molecule has 2 amide bonds. The minimum atomic E-state index is -0.221. The van der Waals surface area contributed by atoms with E-state index in [1.54, 1.807) is 6.26 Å². The van der Waals surface area contributed by atoms with Crippen LogP contribution in [0.5, 0.6) is 0 Å². The fourth-order valence-electron chi connectivity index (χ4n) is 2.14. The van der Waals surface area contributed by atoms with Crippen LogP contribution in [-0.2, 0) is 25.9 Å². The van der Waals surface area contributed by atoms with E-state index < -0.39 is 0 Å². The van der Waals surface area contributed by atoms with E-state index >= 15 is 0 Å². The summed E-state index contributed by atoms with van der Waals surface area (Å²) in [7, 11) is 0. The van der Waals surface area contributed by atoms with Crippen LogP contribution in [0.3, 0.4) is 0 Å². The van der Waals surface area contributed by atoms with E-state index in [4.69, 9.17) is 8.94 Å². The minimum Gasteiger partial charge on any atom is -0.469 e. The van der Waals surface area contributed by atoms with E-state index in [1.165, 1.54) is 0 Å². The van der Waals surface area contributed by atoms with Crippen molar-refractivity contribution in [1.29, 1.82) is 0 Å². The highest BCUT2D eigenvalue weighted by molar-refractivity contribution is 5.73. The number of carbonyl (C=O) groups is 1. The molecule has 2 heterocycles. The third kappa shape index (κ3) is 3.65. The van der Waals surface area contributed by atoms with Crippen LogP contribution < -0.4 is 10.6 Å². The average molecular weight is 291 g/mol. The van der Waals surface area contributed by atoms with E-state index in [0.29, 0.717) is 13.1 Å². The molecule has 6 heteroatoms. The molecule has 0 spiro atoms. The summed E-state index contributed by atoms with van der Waals surface area (Å²) < 4.78 is 10.5. The number of amides is 2. The van der Waals surface area contributed by atoms with Gasteiger partial charge in [0, 0.05) is 30.6 Å². The van der Waals surface area contributed by atoms with Gasteiger partial charge in [-0.25, -0.2) is 4.79 Å². The molecule has 0 atom stereocenters. The van der Waals surface area contributed by atoms with E-state index in [1.807, 2.05) is 26.8 Å². The summed E-state index contributed by atoms with van der Waals surface area (Å²) in [5, 5.41) is 9.66. The monoisotopic (exact) mass is 291 g/mol. The highest BCUT2D eigenvalue weighted by atomic mass is 16.5. The molecular weight excluding hydrogens is 270 g/mol. The highest BCUT2D eigenvalue weighted by Crippen LogP contribution is 2.15. The smallest absolute Gasteiger partial charge is 0.315 e. The fourth-order valence-corrected chi connectivity index (χ4v) is 2.14. The molecule has 6 nitrogen and oxygen atoms in total. The van der Waals surface area contributed by atoms with Crippen molar-refractivity contribution in [3.8, 4) is 0 Å². The van der Waals surface area contributed by atoms with Gasteiger partial charge in [0.05, 0.1) is 12.0 Å². The first-order chi connectivity index (χ1) is 10.2. The standard InChI is InChI=1S/C15H21N3O3/c1-4-13-12(14(5-2)21-18-13)9-17-15(19)16-8-11-6-7-20-10(11)3/h6-7H,4-5,8-9H2,1-3H3,(H2,16,17,19). The van der Waals surface area contributed by atoms with Crippen molar-refractivity contribution < 1.29 is 13.7 Å². The minimum absolute atomic E-state index is 0.221. The second-order valence-electron chi connectivity index (χ2n) is 4.78. The van der Waals surface area contributed by atoms with Crippen LogP contribution in [0.1, 0.15) is 42.2 Å². The first kappa shape index (κ1) is 15.2. The Labute approximate surface area is 123 Å². The molecule has 2 aromatic rings. The van der Waals surface area contributed by atoms with Crippen LogP contribution in [0.15, 0.2) is 21.3 Å². The Kier molecular flexibility index (Phi) is 5.03. The molecule has 0 radical (unpaired) electrons. The number of urea groups is 1. The van der Waals surface area contributed by atoms with Crippen LogP contribution in [-0.4, -0.2) is 11.2 Å². The van der Waals surface area contributed by atoms with Gasteiger partial charge in [-0.05, 0) is 19.4 Å². The van der Waals surface area contributed by atoms with Crippen molar-refractivity contribution in [2.45, 2.75) is 46.7 Å². The highest BCUT2D eigenvalue weighted by Gasteiger charge is 2.14. The maximum Gasteiger partial charge on any atom is 0.315 e. The maximum absolute atomic E-state index is 11.8. The predicted molar refractivity (Wildman–Crippen MR) is 77.8 cm³/mol. The molecule has 0 unspecified atom stereocenters. The van der Waals surface area contributed by atoms with Crippen LogP contribution in [0.2, 0.25) is 0 Å². The van der Waals surface area contributed by atoms with Gasteiger partial charge in [-0.15, -0.1) is 0 Å². The van der Waals surface area contributed by atoms with Crippen molar-refractivity contribution in [2.24, 2.45) is 0 Å². The molecule has 2 aromatic heterocycles. The summed E-state index contributed by atoms with van der Waals surface area (Å²) in [5.74, 6) is 1.65. The van der Waals surface area contributed by atoms with E-state index in [2.05, 4.69) is 15.8 Å². The second-order valence-corrected chi connectivity index (χ2v) is 4.78. The van der Waals surface area contributed by atoms with Crippen molar-refractivity contribution in [1.82, 2.24) is 15.8 Å². The molecule has 0 saturated heterocycles. The van der Waals surface area contributed by atoms with E-state index in [9.17, 15) is 4.79 Å². The predicted octanol–water partition coefficient (Wildman–Crippen LogP) is 2.70. The Balaban J connectivity index is 1.86. The fraction of sp³-hybridized carbons (Fsp3) is 0.467. The summed E-state index contributed by atoms with van der Waals surface area (Å²) >= 11 is 0. The molecule has 0 aromatic carbocycles. The second kappa shape index (κ2) is 6.97. The van der Waals surface area contributed by atoms with Crippen LogP contribution >= 0.6 is 0 Å². The number of aromatic nitrogens is 1. The van der Waals surface area contributed by atoms with Gasteiger partial charge in [0.25, 0.3) is 0 Å². The number of hydrogen-bond acceptors (Lipinski definition) is 4. The van der Waals surface area contributed by atoms with Crippen LogP contribution in [0, 0.1) is 6.92 Å². The Hall–Kier alpha value is -2.24.